The number of fused-ring (bicyclic) bond motifs is 2. The van der Waals surface area contributed by atoms with Crippen LogP contribution in [0.4, 0.5) is 0 Å². The molecule has 0 saturated carbocycles. The normalized spacial score (nSPS) is 11.4. The van der Waals surface area contributed by atoms with Crippen molar-refractivity contribution in [2.24, 2.45) is 0 Å². The van der Waals surface area contributed by atoms with E-state index >= 15 is 0 Å². The average molecular weight is 1100 g/mol. The molecule has 0 bridgehead atoms. The van der Waals surface area contributed by atoms with Gasteiger partial charge in [0.25, 0.3) is 0 Å². The van der Waals surface area contributed by atoms with Gasteiger partial charge in [-0.05, 0) is 89.5 Å². The van der Waals surface area contributed by atoms with E-state index in [0.717, 1.165) is 28.1 Å². The SMILES string of the molecule is O=c1c(OCc2ccccc2)c(-c2ccc(OCCOCCn3cc(CN(Cc4ccccc4)Cc4cn(CCOCCOc5ccc(-c6oc7ccccc7c(=O)c6OCc6ccccc6)cc5)nn4)nn3)cc2)oc2ccccc12. The summed E-state index contributed by atoms with van der Waals surface area (Å²) in [6.45, 7) is 5.50. The summed E-state index contributed by atoms with van der Waals surface area (Å²) in [5, 5.41) is 18.6. The molecule has 0 aliphatic carbocycles. The molecule has 7 aromatic carbocycles. The Morgan fingerprint density at radius 1 is 0.402 bits per heavy atom. The maximum absolute atomic E-state index is 13.6. The average Bonchev–Trinajstić information content (AvgIpc) is 4.30. The molecule has 11 aromatic rings. The molecule has 4 aromatic heterocycles. The van der Waals surface area contributed by atoms with Crippen LogP contribution >= 0.6 is 0 Å². The Kier molecular flexibility index (Phi) is 17.9. The molecular weight excluding hydrogens is 1040 g/mol. The van der Waals surface area contributed by atoms with Crippen LogP contribution in [0.5, 0.6) is 23.0 Å². The van der Waals surface area contributed by atoms with Gasteiger partial charge in [0.2, 0.25) is 22.4 Å². The lowest BCUT2D eigenvalue weighted by Gasteiger charge is -2.20. The first-order valence-corrected chi connectivity index (χ1v) is 27.1. The van der Waals surface area contributed by atoms with Crippen molar-refractivity contribution in [3.05, 3.63) is 249 Å². The number of hydrogen-bond donors (Lipinski definition) is 0. The van der Waals surface area contributed by atoms with Gasteiger partial charge in [-0.1, -0.05) is 126 Å². The minimum Gasteiger partial charge on any atom is -0.491 e. The van der Waals surface area contributed by atoms with Gasteiger partial charge in [0, 0.05) is 43.2 Å². The van der Waals surface area contributed by atoms with Crippen LogP contribution < -0.4 is 29.8 Å². The summed E-state index contributed by atoms with van der Waals surface area (Å²) in [7, 11) is 0. The first-order chi connectivity index (χ1) is 40.5. The molecule has 11 rings (SSSR count). The molecule has 0 fully saturated rings. The summed E-state index contributed by atoms with van der Waals surface area (Å²) in [4.78, 5) is 29.4. The lowest BCUT2D eigenvalue weighted by Crippen LogP contribution is -2.23. The minimum absolute atomic E-state index is 0.161. The van der Waals surface area contributed by atoms with Crippen LogP contribution in [0.15, 0.2) is 219 Å². The summed E-state index contributed by atoms with van der Waals surface area (Å²) in [6, 6.07) is 58.7. The number of aromatic nitrogens is 6. The highest BCUT2D eigenvalue weighted by Crippen LogP contribution is 2.34. The molecule has 414 valence electrons. The molecule has 0 amide bonds. The maximum Gasteiger partial charge on any atom is 0.235 e. The van der Waals surface area contributed by atoms with Gasteiger partial charge in [-0.3, -0.25) is 14.5 Å². The minimum atomic E-state index is -0.226. The van der Waals surface area contributed by atoms with Crippen molar-refractivity contribution >= 4 is 21.9 Å². The van der Waals surface area contributed by atoms with E-state index in [1.165, 1.54) is 0 Å². The molecule has 0 saturated heterocycles. The smallest absolute Gasteiger partial charge is 0.235 e. The third kappa shape index (κ3) is 14.2. The Morgan fingerprint density at radius 2 is 0.805 bits per heavy atom. The van der Waals surface area contributed by atoms with Gasteiger partial charge in [0.05, 0.1) is 61.7 Å². The molecule has 17 nitrogen and oxygen atoms in total. The van der Waals surface area contributed by atoms with Gasteiger partial charge in [0.15, 0.2) is 11.5 Å². The molecule has 0 aliphatic rings. The Hall–Kier alpha value is -9.68. The Balaban J connectivity index is 0.613. The van der Waals surface area contributed by atoms with Gasteiger partial charge in [-0.15, -0.1) is 10.2 Å². The first kappa shape index (κ1) is 54.3. The van der Waals surface area contributed by atoms with Crippen molar-refractivity contribution < 1.29 is 37.3 Å². The highest BCUT2D eigenvalue weighted by Gasteiger charge is 2.21. The monoisotopic (exact) mass is 1100 g/mol. The molecular formula is C65H59N7O10. The molecule has 82 heavy (non-hydrogen) atoms. The number of para-hydroxylation sites is 2. The molecule has 0 unspecified atom stereocenters. The molecule has 0 N–H and O–H groups in total. The van der Waals surface area contributed by atoms with Gasteiger partial charge >= 0.3 is 0 Å². The lowest BCUT2D eigenvalue weighted by atomic mass is 10.1. The molecule has 0 atom stereocenters. The van der Waals surface area contributed by atoms with E-state index in [1.54, 1.807) is 33.6 Å². The van der Waals surface area contributed by atoms with E-state index < -0.39 is 0 Å². The number of nitrogens with zero attached hydrogens (tertiary/aromatic N) is 7. The van der Waals surface area contributed by atoms with Gasteiger partial charge in [-0.2, -0.15) is 0 Å². The Morgan fingerprint density at radius 3 is 1.24 bits per heavy atom. The summed E-state index contributed by atoms with van der Waals surface area (Å²) < 4.78 is 52.1. The standard InChI is InChI=1S/C65H59N7O10/c73-60-56-20-10-12-22-58(56)81-62(64(60)79-45-48-16-6-2-7-17-48)50-24-28-54(29-25-50)77-38-36-75-34-32-71-43-52(66-68-71)41-70(40-47-14-4-1-5-15-47)42-53-44-72(69-67-53)33-35-76-37-39-78-55-30-26-51(27-31-55)63-65(80-46-49-18-8-3-9-19-49)61(74)57-21-11-13-23-59(57)82-63/h1-31,43-44H,32-42,45-46H2. The van der Waals surface area contributed by atoms with Crippen LogP contribution in [0.25, 0.3) is 44.6 Å². The van der Waals surface area contributed by atoms with Crippen LogP contribution in [-0.2, 0) is 55.4 Å². The van der Waals surface area contributed by atoms with Crippen molar-refractivity contribution in [2.45, 2.75) is 45.9 Å². The second-order valence-electron chi connectivity index (χ2n) is 19.3. The molecule has 4 heterocycles. The highest BCUT2D eigenvalue weighted by molar-refractivity contribution is 5.83. The van der Waals surface area contributed by atoms with Gasteiger partial charge < -0.3 is 37.3 Å². The first-order valence-electron chi connectivity index (χ1n) is 27.1. The predicted molar refractivity (Wildman–Crippen MR) is 309 cm³/mol. The summed E-state index contributed by atoms with van der Waals surface area (Å²) in [5.74, 6) is 2.34. The number of benzene rings is 7. The fourth-order valence-corrected chi connectivity index (χ4v) is 9.22. The van der Waals surface area contributed by atoms with Gasteiger partial charge in [0.1, 0.15) is 49.1 Å². The quantitative estimate of drug-likeness (QED) is 0.0422. The fourth-order valence-electron chi connectivity index (χ4n) is 9.22. The van der Waals surface area contributed by atoms with Crippen molar-refractivity contribution in [1.29, 1.82) is 0 Å². The summed E-state index contributed by atoms with van der Waals surface area (Å²) >= 11 is 0. The second kappa shape index (κ2) is 27.0. The van der Waals surface area contributed by atoms with Crippen molar-refractivity contribution in [3.63, 3.8) is 0 Å². The Bertz CT molecular complexity index is 3690. The molecule has 0 spiro atoms. The predicted octanol–water partition coefficient (Wildman–Crippen LogP) is 11.0. The molecule has 0 radical (unpaired) electrons. The van der Waals surface area contributed by atoms with E-state index in [-0.39, 0.29) is 35.6 Å². The summed E-state index contributed by atoms with van der Waals surface area (Å²) in [5.41, 5.74) is 6.57. The number of rotatable bonds is 28. The van der Waals surface area contributed by atoms with Crippen LogP contribution in [-0.4, -0.2) is 74.5 Å². The topological polar surface area (TPSA) is 180 Å². The van der Waals surface area contributed by atoms with E-state index in [2.05, 4.69) is 37.7 Å². The zero-order valence-electron chi connectivity index (χ0n) is 45.0. The van der Waals surface area contributed by atoms with Crippen molar-refractivity contribution in [3.8, 4) is 45.6 Å². The van der Waals surface area contributed by atoms with Crippen LogP contribution in [0.2, 0.25) is 0 Å². The Labute approximate surface area is 472 Å². The number of ether oxygens (including phenoxy) is 6. The zero-order chi connectivity index (χ0) is 55.7. The second-order valence-corrected chi connectivity index (χ2v) is 19.3. The van der Waals surface area contributed by atoms with Crippen LogP contribution in [0.1, 0.15) is 28.1 Å². The maximum atomic E-state index is 13.6. The molecule has 0 aliphatic heterocycles. The van der Waals surface area contributed by atoms with Gasteiger partial charge in [-0.25, -0.2) is 9.36 Å². The summed E-state index contributed by atoms with van der Waals surface area (Å²) in [6.07, 6.45) is 3.88. The van der Waals surface area contributed by atoms with E-state index in [9.17, 15) is 9.59 Å². The van der Waals surface area contributed by atoms with E-state index in [4.69, 9.17) is 37.3 Å². The van der Waals surface area contributed by atoms with E-state index in [1.807, 2.05) is 164 Å². The van der Waals surface area contributed by atoms with Crippen LogP contribution in [0, 0.1) is 0 Å². The zero-order valence-corrected chi connectivity index (χ0v) is 45.0. The molecule has 17 heteroatoms. The van der Waals surface area contributed by atoms with Crippen molar-refractivity contribution in [2.75, 3.05) is 39.6 Å². The fraction of sp³-hybridized carbons (Fsp3) is 0.200. The third-order valence-electron chi connectivity index (χ3n) is 13.3. The number of hydrogen-bond acceptors (Lipinski definition) is 15. The largest absolute Gasteiger partial charge is 0.491 e. The van der Waals surface area contributed by atoms with E-state index in [0.29, 0.717) is 128 Å². The third-order valence-corrected chi connectivity index (χ3v) is 13.3. The highest BCUT2D eigenvalue weighted by atomic mass is 16.5. The van der Waals surface area contributed by atoms with Crippen molar-refractivity contribution in [1.82, 2.24) is 34.9 Å². The lowest BCUT2D eigenvalue weighted by molar-refractivity contribution is 0.0923. The van der Waals surface area contributed by atoms with Crippen LogP contribution in [0.3, 0.4) is 0 Å².